The number of aryl methyl sites for hydroxylation is 1. The molecule has 0 saturated heterocycles. The van der Waals surface area contributed by atoms with Crippen molar-refractivity contribution in [1.82, 2.24) is 10.0 Å². The number of hydrogen-bond acceptors (Lipinski definition) is 3. The third-order valence-corrected chi connectivity index (χ3v) is 6.88. The zero-order chi connectivity index (χ0) is 21.7. The second kappa shape index (κ2) is 9.45. The molecule has 2 N–H and O–H groups in total. The van der Waals surface area contributed by atoms with Crippen molar-refractivity contribution in [3.8, 4) is 0 Å². The van der Waals surface area contributed by atoms with Crippen LogP contribution in [0.15, 0.2) is 89.8 Å². The van der Waals surface area contributed by atoms with E-state index in [1.165, 1.54) is 0 Å². The molecule has 4 rings (SSSR count). The van der Waals surface area contributed by atoms with Gasteiger partial charge in [0.2, 0.25) is 15.9 Å². The van der Waals surface area contributed by atoms with Crippen molar-refractivity contribution in [2.75, 3.05) is 0 Å². The van der Waals surface area contributed by atoms with Crippen LogP contribution < -0.4 is 10.0 Å². The average Bonchev–Trinajstić information content (AvgIpc) is 3.61. The molecule has 1 amide bonds. The lowest BCUT2D eigenvalue weighted by Crippen LogP contribution is -2.29. The van der Waals surface area contributed by atoms with Gasteiger partial charge in [0.25, 0.3) is 0 Å². The van der Waals surface area contributed by atoms with Gasteiger partial charge in [0.1, 0.15) is 0 Å². The van der Waals surface area contributed by atoms with Crippen molar-refractivity contribution < 1.29 is 13.2 Å². The summed E-state index contributed by atoms with van der Waals surface area (Å²) < 4.78 is 27.2. The van der Waals surface area contributed by atoms with Crippen LogP contribution in [0.5, 0.6) is 0 Å². The van der Waals surface area contributed by atoms with E-state index < -0.39 is 10.0 Å². The van der Waals surface area contributed by atoms with Gasteiger partial charge < -0.3 is 5.32 Å². The van der Waals surface area contributed by atoms with Gasteiger partial charge in [-0.05, 0) is 48.1 Å². The van der Waals surface area contributed by atoms with E-state index in [-0.39, 0.29) is 22.9 Å². The highest BCUT2D eigenvalue weighted by molar-refractivity contribution is 7.89. The quantitative estimate of drug-likeness (QED) is 0.535. The average molecular weight is 435 g/mol. The van der Waals surface area contributed by atoms with E-state index in [0.29, 0.717) is 12.8 Å². The first-order chi connectivity index (χ1) is 15.0. The predicted molar refractivity (Wildman–Crippen MR) is 121 cm³/mol. The Balaban J connectivity index is 1.38. The fraction of sp³-hybridized carbons (Fsp3) is 0.240. The zero-order valence-corrected chi connectivity index (χ0v) is 18.0. The molecule has 1 fully saturated rings. The second-order valence-electron chi connectivity index (χ2n) is 7.86. The van der Waals surface area contributed by atoms with Crippen molar-refractivity contribution in [1.29, 1.82) is 0 Å². The monoisotopic (exact) mass is 434 g/mol. The maximum atomic E-state index is 12.7. The molecule has 6 heteroatoms. The van der Waals surface area contributed by atoms with Crippen molar-refractivity contribution in [3.63, 3.8) is 0 Å². The number of carbonyl (C=O) groups excluding carboxylic acids is 1. The first kappa shape index (κ1) is 21.3. The summed E-state index contributed by atoms with van der Waals surface area (Å²) in [4.78, 5) is 13.0. The van der Waals surface area contributed by atoms with Gasteiger partial charge in [0.15, 0.2) is 0 Å². The van der Waals surface area contributed by atoms with Gasteiger partial charge in [-0.15, -0.1) is 0 Å². The minimum atomic E-state index is -3.45. The molecule has 5 nitrogen and oxygen atoms in total. The minimum Gasteiger partial charge on any atom is -0.345 e. The molecule has 0 aromatic heterocycles. The third kappa shape index (κ3) is 5.81. The number of carbonyl (C=O) groups is 1. The van der Waals surface area contributed by atoms with Crippen LogP contribution in [0.4, 0.5) is 0 Å². The molecule has 0 heterocycles. The molecule has 3 aromatic rings. The maximum Gasteiger partial charge on any atom is 0.240 e. The van der Waals surface area contributed by atoms with Crippen molar-refractivity contribution in [2.24, 2.45) is 0 Å². The number of benzene rings is 3. The highest BCUT2D eigenvalue weighted by Gasteiger charge is 2.27. The maximum absolute atomic E-state index is 12.7. The van der Waals surface area contributed by atoms with E-state index in [1.54, 1.807) is 24.3 Å². The molecule has 0 unspecified atom stereocenters. The first-order valence-electron chi connectivity index (χ1n) is 10.5. The van der Waals surface area contributed by atoms with E-state index in [1.807, 2.05) is 60.7 Å². The molecule has 31 heavy (non-hydrogen) atoms. The standard InChI is InChI=1S/C25H26N2O3S/c28-24(26-25(20-7-3-1-4-8-20)21-9-5-2-6-10-21)18-13-19-11-16-23(17-12-19)31(29,30)27-22-14-15-22/h1-12,16-17,22,25,27H,13-15,18H2,(H,26,28). The first-order valence-corrected chi connectivity index (χ1v) is 12.0. The highest BCUT2D eigenvalue weighted by atomic mass is 32.2. The Labute approximate surface area is 183 Å². The Morgan fingerprint density at radius 2 is 1.39 bits per heavy atom. The molecule has 0 radical (unpaired) electrons. The summed E-state index contributed by atoms with van der Waals surface area (Å²) in [6.45, 7) is 0. The fourth-order valence-corrected chi connectivity index (χ4v) is 4.77. The van der Waals surface area contributed by atoms with E-state index in [9.17, 15) is 13.2 Å². The summed E-state index contributed by atoms with van der Waals surface area (Å²) in [5.41, 5.74) is 2.98. The lowest BCUT2D eigenvalue weighted by molar-refractivity contribution is -0.121. The normalized spacial score (nSPS) is 13.8. The zero-order valence-electron chi connectivity index (χ0n) is 17.2. The van der Waals surface area contributed by atoms with Crippen LogP contribution in [-0.4, -0.2) is 20.4 Å². The molecule has 1 aliphatic rings. The molecular weight excluding hydrogens is 408 g/mol. The van der Waals surface area contributed by atoms with Gasteiger partial charge >= 0.3 is 0 Å². The Bertz CT molecular complexity index is 1070. The van der Waals surface area contributed by atoms with Gasteiger partial charge in [-0.2, -0.15) is 0 Å². The Morgan fingerprint density at radius 1 is 0.839 bits per heavy atom. The lowest BCUT2D eigenvalue weighted by Gasteiger charge is -2.20. The molecule has 0 atom stereocenters. The van der Waals surface area contributed by atoms with Crippen molar-refractivity contribution >= 4 is 15.9 Å². The number of hydrogen-bond donors (Lipinski definition) is 2. The van der Waals surface area contributed by atoms with Crippen LogP contribution >= 0.6 is 0 Å². The van der Waals surface area contributed by atoms with Crippen LogP contribution in [0, 0.1) is 0 Å². The number of sulfonamides is 1. The lowest BCUT2D eigenvalue weighted by atomic mass is 9.98. The molecule has 1 saturated carbocycles. The molecular formula is C25H26N2O3S. The smallest absolute Gasteiger partial charge is 0.240 e. The van der Waals surface area contributed by atoms with E-state index in [4.69, 9.17) is 0 Å². The number of nitrogens with one attached hydrogen (secondary N) is 2. The van der Waals surface area contributed by atoms with Crippen LogP contribution in [0.1, 0.15) is 42.0 Å². The van der Waals surface area contributed by atoms with Crippen molar-refractivity contribution in [2.45, 2.75) is 42.7 Å². The van der Waals surface area contributed by atoms with Gasteiger partial charge in [0.05, 0.1) is 10.9 Å². The van der Waals surface area contributed by atoms with Gasteiger partial charge in [-0.3, -0.25) is 4.79 Å². The van der Waals surface area contributed by atoms with E-state index in [2.05, 4.69) is 10.0 Å². The molecule has 160 valence electrons. The summed E-state index contributed by atoms with van der Waals surface area (Å²) in [5.74, 6) is -0.0511. The van der Waals surface area contributed by atoms with E-state index >= 15 is 0 Å². The highest BCUT2D eigenvalue weighted by Crippen LogP contribution is 2.23. The van der Waals surface area contributed by atoms with E-state index in [0.717, 1.165) is 29.5 Å². The summed E-state index contributed by atoms with van der Waals surface area (Å²) in [5, 5.41) is 3.14. The summed E-state index contributed by atoms with van der Waals surface area (Å²) >= 11 is 0. The molecule has 0 spiro atoms. The van der Waals surface area contributed by atoms with Crippen molar-refractivity contribution in [3.05, 3.63) is 102 Å². The van der Waals surface area contributed by atoms with Crippen LogP contribution in [0.3, 0.4) is 0 Å². The number of amides is 1. The van der Waals surface area contributed by atoms with Gasteiger partial charge in [0, 0.05) is 12.5 Å². The molecule has 0 bridgehead atoms. The predicted octanol–water partition coefficient (Wildman–Crippen LogP) is 3.97. The second-order valence-corrected chi connectivity index (χ2v) is 9.58. The number of rotatable bonds is 9. The summed E-state index contributed by atoms with van der Waals surface area (Å²) in [6.07, 6.45) is 2.67. The Hall–Kier alpha value is -2.96. The summed E-state index contributed by atoms with van der Waals surface area (Å²) in [6, 6.07) is 26.4. The van der Waals surface area contributed by atoms with Gasteiger partial charge in [-0.25, -0.2) is 13.1 Å². The fourth-order valence-electron chi connectivity index (χ4n) is 3.47. The third-order valence-electron chi connectivity index (χ3n) is 5.34. The molecule has 1 aliphatic carbocycles. The largest absolute Gasteiger partial charge is 0.345 e. The SMILES string of the molecule is O=C(CCc1ccc(S(=O)(=O)NC2CC2)cc1)NC(c1ccccc1)c1ccccc1. The minimum absolute atomic E-state index is 0.0511. The van der Waals surface area contributed by atoms with Crippen LogP contribution in [0.25, 0.3) is 0 Å². The van der Waals surface area contributed by atoms with Crippen LogP contribution in [0.2, 0.25) is 0 Å². The Morgan fingerprint density at radius 3 is 1.90 bits per heavy atom. The molecule has 0 aliphatic heterocycles. The molecule has 3 aromatic carbocycles. The Kier molecular flexibility index (Phi) is 6.49. The van der Waals surface area contributed by atoms with Crippen LogP contribution in [-0.2, 0) is 21.2 Å². The topological polar surface area (TPSA) is 75.3 Å². The van der Waals surface area contributed by atoms with Gasteiger partial charge in [-0.1, -0.05) is 72.8 Å². The summed E-state index contributed by atoms with van der Waals surface area (Å²) in [7, 11) is -3.45.